The Labute approximate surface area is 197 Å². The lowest BCUT2D eigenvalue weighted by atomic mass is 10.2. The fourth-order valence-corrected chi connectivity index (χ4v) is 3.05. The van der Waals surface area contributed by atoms with Gasteiger partial charge in [-0.25, -0.2) is 4.98 Å². The maximum atomic E-state index is 12.2. The van der Waals surface area contributed by atoms with E-state index in [0.717, 1.165) is 6.20 Å². The van der Waals surface area contributed by atoms with Crippen molar-refractivity contribution >= 4 is 45.2 Å². The van der Waals surface area contributed by atoms with Crippen LogP contribution in [0.15, 0.2) is 70.4 Å². The molecule has 3 rings (SSSR count). The van der Waals surface area contributed by atoms with E-state index < -0.39 is 4.92 Å². The van der Waals surface area contributed by atoms with Crippen LogP contribution in [0.2, 0.25) is 0 Å². The summed E-state index contributed by atoms with van der Waals surface area (Å²) in [5.41, 5.74) is 3.95. The molecule has 0 aliphatic carbocycles. The molecule has 0 bridgehead atoms. The van der Waals surface area contributed by atoms with Gasteiger partial charge in [-0.1, -0.05) is 18.2 Å². The Hall–Kier alpha value is -3.99. The van der Waals surface area contributed by atoms with Gasteiger partial charge in [0, 0.05) is 21.8 Å². The van der Waals surface area contributed by atoms with Crippen LogP contribution in [-0.4, -0.2) is 35.2 Å². The van der Waals surface area contributed by atoms with Crippen molar-refractivity contribution in [1.82, 2.24) is 4.98 Å². The minimum Gasteiger partial charge on any atom is -0.490 e. The molecule has 1 amide bonds. The van der Waals surface area contributed by atoms with E-state index in [2.05, 4.69) is 36.8 Å². The summed E-state index contributed by atoms with van der Waals surface area (Å²) >= 11 is 3.46. The van der Waals surface area contributed by atoms with Gasteiger partial charge in [0.2, 0.25) is 0 Å². The van der Waals surface area contributed by atoms with Gasteiger partial charge >= 0.3 is 0 Å². The number of halogens is 1. The molecule has 0 radical (unpaired) electrons. The summed E-state index contributed by atoms with van der Waals surface area (Å²) in [5.74, 6) is 0.893. The molecule has 0 saturated carbocycles. The first-order valence-corrected chi connectivity index (χ1v) is 10.6. The third-order valence-electron chi connectivity index (χ3n) is 4.12. The number of hydrogen-bond donors (Lipinski definition) is 2. The molecular formula is C22H20BrN5O5. The van der Waals surface area contributed by atoms with Gasteiger partial charge in [-0.15, -0.1) is 0 Å². The van der Waals surface area contributed by atoms with Crippen LogP contribution in [0, 0.1) is 10.1 Å². The first-order chi connectivity index (χ1) is 16.0. The van der Waals surface area contributed by atoms with Crippen molar-refractivity contribution in [2.45, 2.75) is 6.92 Å². The third kappa shape index (κ3) is 7.01. The van der Waals surface area contributed by atoms with Crippen molar-refractivity contribution in [1.29, 1.82) is 0 Å². The van der Waals surface area contributed by atoms with Crippen molar-refractivity contribution in [2.24, 2.45) is 5.10 Å². The predicted octanol–water partition coefficient (Wildman–Crippen LogP) is 4.61. The molecular weight excluding hydrogens is 494 g/mol. The van der Waals surface area contributed by atoms with Gasteiger partial charge in [0.25, 0.3) is 11.6 Å². The third-order valence-corrected chi connectivity index (χ3v) is 4.81. The highest BCUT2D eigenvalue weighted by atomic mass is 79.9. The SMILES string of the molecule is CCOc1cc(/C=N/Nc2ccc([N+](=O)[O-])cn2)c(Br)cc1OCC(=O)Nc1ccccc1. The topological polar surface area (TPSA) is 128 Å². The summed E-state index contributed by atoms with van der Waals surface area (Å²) in [4.78, 5) is 26.3. The maximum Gasteiger partial charge on any atom is 0.287 e. The molecule has 0 aliphatic rings. The monoisotopic (exact) mass is 513 g/mol. The number of hydrazone groups is 1. The quantitative estimate of drug-likeness (QED) is 0.230. The second-order valence-electron chi connectivity index (χ2n) is 6.49. The van der Waals surface area contributed by atoms with Gasteiger partial charge in [0.15, 0.2) is 18.1 Å². The van der Waals surface area contributed by atoms with Crippen molar-refractivity contribution in [2.75, 3.05) is 24.0 Å². The number of pyridine rings is 1. The molecule has 33 heavy (non-hydrogen) atoms. The number of para-hydroxylation sites is 1. The lowest BCUT2D eigenvalue weighted by molar-refractivity contribution is -0.385. The molecule has 0 saturated heterocycles. The molecule has 1 aromatic heterocycles. The van der Waals surface area contributed by atoms with Crippen molar-refractivity contribution in [3.8, 4) is 11.5 Å². The van der Waals surface area contributed by atoms with Gasteiger partial charge in [-0.3, -0.25) is 20.3 Å². The highest BCUT2D eigenvalue weighted by Crippen LogP contribution is 2.33. The predicted molar refractivity (Wildman–Crippen MR) is 128 cm³/mol. The zero-order chi connectivity index (χ0) is 23.6. The van der Waals surface area contributed by atoms with Gasteiger partial charge in [-0.2, -0.15) is 5.10 Å². The number of aromatic nitrogens is 1. The van der Waals surface area contributed by atoms with E-state index in [1.54, 1.807) is 24.3 Å². The molecule has 170 valence electrons. The Morgan fingerprint density at radius 3 is 2.61 bits per heavy atom. The van der Waals surface area contributed by atoms with E-state index in [0.29, 0.717) is 39.6 Å². The van der Waals surface area contributed by atoms with Crippen molar-refractivity contribution < 1.29 is 19.2 Å². The maximum absolute atomic E-state index is 12.2. The molecule has 10 nitrogen and oxygen atoms in total. The zero-order valence-electron chi connectivity index (χ0n) is 17.5. The minimum atomic E-state index is -0.526. The Balaban J connectivity index is 1.66. The summed E-state index contributed by atoms with van der Waals surface area (Å²) in [7, 11) is 0. The first kappa shape index (κ1) is 23.7. The Kier molecular flexibility index (Phi) is 8.30. The number of nitrogens with one attached hydrogen (secondary N) is 2. The number of anilines is 2. The number of rotatable bonds is 10. The van der Waals surface area contributed by atoms with Crippen LogP contribution < -0.4 is 20.2 Å². The number of carbonyl (C=O) groups is 1. The Morgan fingerprint density at radius 1 is 1.18 bits per heavy atom. The number of amides is 1. The standard InChI is InChI=1S/C22H20BrN5O5/c1-2-32-19-10-15(12-25-27-21-9-8-17(13-24-21)28(30)31)18(23)11-20(19)33-14-22(29)26-16-6-4-3-5-7-16/h3-13H,2,14H2,1H3,(H,24,27)(H,26,29)/b25-12+. The van der Waals surface area contributed by atoms with Crippen LogP contribution in [0.4, 0.5) is 17.2 Å². The van der Waals surface area contributed by atoms with Crippen LogP contribution in [0.5, 0.6) is 11.5 Å². The van der Waals surface area contributed by atoms with Gasteiger partial charge in [-0.05, 0) is 53.2 Å². The number of carbonyl (C=O) groups excluding carboxylic acids is 1. The molecule has 2 N–H and O–H groups in total. The first-order valence-electron chi connectivity index (χ1n) is 9.80. The van der Waals surface area contributed by atoms with Gasteiger partial charge < -0.3 is 14.8 Å². The fourth-order valence-electron chi connectivity index (χ4n) is 2.62. The van der Waals surface area contributed by atoms with Crippen LogP contribution in [0.25, 0.3) is 0 Å². The van der Waals surface area contributed by atoms with Crippen molar-refractivity contribution in [3.05, 3.63) is 80.9 Å². The van der Waals surface area contributed by atoms with E-state index in [1.165, 1.54) is 18.3 Å². The second kappa shape index (κ2) is 11.6. The van der Waals surface area contributed by atoms with Crippen LogP contribution >= 0.6 is 15.9 Å². The number of nitrogens with zero attached hydrogens (tertiary/aromatic N) is 3. The normalized spacial score (nSPS) is 10.6. The zero-order valence-corrected chi connectivity index (χ0v) is 19.1. The van der Waals surface area contributed by atoms with Crippen LogP contribution in [-0.2, 0) is 4.79 Å². The summed E-state index contributed by atoms with van der Waals surface area (Å²) in [6, 6.07) is 15.3. The van der Waals surface area contributed by atoms with E-state index in [1.807, 2.05) is 25.1 Å². The molecule has 0 aliphatic heterocycles. The summed E-state index contributed by atoms with van der Waals surface area (Å²) in [5, 5.41) is 17.5. The molecule has 2 aromatic carbocycles. The van der Waals surface area contributed by atoms with E-state index in [9.17, 15) is 14.9 Å². The average molecular weight is 514 g/mol. The molecule has 0 spiro atoms. The molecule has 1 heterocycles. The van der Waals surface area contributed by atoms with E-state index in [-0.39, 0.29) is 18.2 Å². The van der Waals surface area contributed by atoms with E-state index in [4.69, 9.17) is 9.47 Å². The Morgan fingerprint density at radius 2 is 1.94 bits per heavy atom. The van der Waals surface area contributed by atoms with Crippen molar-refractivity contribution in [3.63, 3.8) is 0 Å². The lowest BCUT2D eigenvalue weighted by Crippen LogP contribution is -2.20. The second-order valence-corrected chi connectivity index (χ2v) is 7.34. The smallest absolute Gasteiger partial charge is 0.287 e. The van der Waals surface area contributed by atoms with Gasteiger partial charge in [0.05, 0.1) is 17.7 Å². The fraction of sp³-hybridized carbons (Fsp3) is 0.136. The molecule has 0 atom stereocenters. The number of hydrogen-bond acceptors (Lipinski definition) is 8. The molecule has 3 aromatic rings. The largest absolute Gasteiger partial charge is 0.490 e. The summed E-state index contributed by atoms with van der Waals surface area (Å²) in [6.07, 6.45) is 2.67. The molecule has 0 unspecified atom stereocenters. The number of benzene rings is 2. The Bertz CT molecular complexity index is 1140. The minimum absolute atomic E-state index is 0.110. The van der Waals surface area contributed by atoms with Crippen LogP contribution in [0.1, 0.15) is 12.5 Å². The lowest BCUT2D eigenvalue weighted by Gasteiger charge is -2.14. The van der Waals surface area contributed by atoms with E-state index >= 15 is 0 Å². The summed E-state index contributed by atoms with van der Waals surface area (Å²) < 4.78 is 12.0. The summed E-state index contributed by atoms with van der Waals surface area (Å²) in [6.45, 7) is 2.04. The molecule has 0 fully saturated rings. The highest BCUT2D eigenvalue weighted by molar-refractivity contribution is 9.10. The highest BCUT2D eigenvalue weighted by Gasteiger charge is 2.12. The van der Waals surface area contributed by atoms with Crippen LogP contribution in [0.3, 0.4) is 0 Å². The number of ether oxygens (including phenoxy) is 2. The average Bonchev–Trinajstić information content (AvgIpc) is 2.81. The van der Waals surface area contributed by atoms with Gasteiger partial charge in [0.1, 0.15) is 12.0 Å². The number of nitro groups is 1. The molecule has 11 heteroatoms.